The van der Waals surface area contributed by atoms with Gasteiger partial charge in [0, 0.05) is 12.1 Å². The van der Waals surface area contributed by atoms with Crippen LogP contribution in [0, 0.1) is 0 Å². The maximum atomic E-state index is 12.9. The number of nitrogens with zero attached hydrogens (tertiary/aromatic N) is 1. The van der Waals surface area contributed by atoms with Crippen LogP contribution >= 0.6 is 23.2 Å². The summed E-state index contributed by atoms with van der Waals surface area (Å²) in [6.45, 7) is 0.630. The molecule has 0 spiro atoms. The number of carbonyl (C=O) groups excluding carboxylic acids is 1. The molecule has 0 saturated carbocycles. The second kappa shape index (κ2) is 8.07. The van der Waals surface area contributed by atoms with Crippen LogP contribution in [0.25, 0.3) is 0 Å². The second-order valence-corrected chi connectivity index (χ2v) is 8.18. The zero-order valence-electron chi connectivity index (χ0n) is 15.7. The molecule has 0 bridgehead atoms. The van der Waals surface area contributed by atoms with E-state index in [0.717, 1.165) is 0 Å². The molecule has 3 N–H and O–H groups in total. The Morgan fingerprint density at radius 3 is 2.73 bits per heavy atom. The van der Waals surface area contributed by atoms with Crippen LogP contribution in [0.2, 0.25) is 10.0 Å². The molecular formula is C21H19Cl2NO6. The first-order valence-corrected chi connectivity index (χ1v) is 10.2. The number of rotatable bonds is 4. The number of likely N-dealkylation sites (tertiary alicyclic amines) is 1. The number of fused-ring (bicyclic) bond motifs is 1. The van der Waals surface area contributed by atoms with Gasteiger partial charge in [0.25, 0.3) is 0 Å². The number of Topliss-reactive ketones (excluding diaryl/α,β-unsaturated/α-hetero) is 1. The number of hydrogen-bond donors (Lipinski definition) is 3. The summed E-state index contributed by atoms with van der Waals surface area (Å²) in [5.74, 6) is -1.52. The maximum Gasteiger partial charge on any atom is 0.320 e. The fourth-order valence-corrected chi connectivity index (χ4v) is 4.47. The normalized spacial score (nSPS) is 23.8. The van der Waals surface area contributed by atoms with Crippen molar-refractivity contribution in [2.24, 2.45) is 0 Å². The molecule has 9 heteroatoms. The predicted molar refractivity (Wildman–Crippen MR) is 109 cm³/mol. The van der Waals surface area contributed by atoms with Gasteiger partial charge in [-0.15, -0.1) is 0 Å². The number of phenolic OH excluding ortho intramolecular Hbond substituents is 1. The van der Waals surface area contributed by atoms with Gasteiger partial charge in [-0.25, -0.2) is 0 Å². The number of hydrogen-bond acceptors (Lipinski definition) is 6. The Balaban J connectivity index is 1.76. The van der Waals surface area contributed by atoms with Crippen molar-refractivity contribution < 1.29 is 29.6 Å². The van der Waals surface area contributed by atoms with Crippen LogP contribution in [0.1, 0.15) is 40.4 Å². The molecule has 2 unspecified atom stereocenters. The molecule has 2 heterocycles. The molecule has 30 heavy (non-hydrogen) atoms. The fraction of sp³-hybridized carbons (Fsp3) is 0.333. The van der Waals surface area contributed by atoms with Crippen molar-refractivity contribution in [3.8, 4) is 11.5 Å². The van der Waals surface area contributed by atoms with Crippen molar-refractivity contribution in [3.63, 3.8) is 0 Å². The highest BCUT2D eigenvalue weighted by atomic mass is 35.5. The number of aliphatic hydroxyl groups excluding tert-OH is 1. The molecule has 4 rings (SSSR count). The molecule has 0 amide bonds. The summed E-state index contributed by atoms with van der Waals surface area (Å²) < 4.78 is 6.01. The standard InChI is InChI=1S/C21H19Cl2NO6/c22-13-4-1-3-10(16(13)23)20-18(27)17(26)11-6-7-15(25)12(19(11)30-20)9-24-8-2-5-14(24)21(28)29/h1,3-4,6-7,14,18,20,25,27H,2,5,8-9H2,(H,28,29)/t14-,18?,20?/m0/s1. The SMILES string of the molecule is O=C1c2ccc(O)c(CN3CCC[C@H]3C(=O)O)c2OC(c2cccc(Cl)c2Cl)C1O. The summed E-state index contributed by atoms with van der Waals surface area (Å²) in [7, 11) is 0. The quantitative estimate of drug-likeness (QED) is 0.653. The van der Waals surface area contributed by atoms with E-state index in [0.29, 0.717) is 30.5 Å². The zero-order valence-corrected chi connectivity index (χ0v) is 17.2. The van der Waals surface area contributed by atoms with E-state index in [9.17, 15) is 24.9 Å². The molecule has 2 aliphatic rings. The summed E-state index contributed by atoms with van der Waals surface area (Å²) in [6, 6.07) is 6.86. The van der Waals surface area contributed by atoms with Crippen LogP contribution in [0.4, 0.5) is 0 Å². The number of aliphatic carboxylic acids is 1. The van der Waals surface area contributed by atoms with E-state index in [4.69, 9.17) is 27.9 Å². The lowest BCUT2D eigenvalue weighted by Gasteiger charge is -2.33. The Hall–Kier alpha value is -2.32. The van der Waals surface area contributed by atoms with E-state index in [2.05, 4.69) is 0 Å². The number of carboxylic acid groups (broad SMARTS) is 1. The van der Waals surface area contributed by atoms with Crippen LogP contribution in [-0.4, -0.2) is 50.7 Å². The zero-order chi connectivity index (χ0) is 21.6. The molecule has 3 atom stereocenters. The van der Waals surface area contributed by atoms with Crippen molar-refractivity contribution in [2.75, 3.05) is 6.54 Å². The van der Waals surface area contributed by atoms with Gasteiger partial charge in [-0.3, -0.25) is 14.5 Å². The minimum Gasteiger partial charge on any atom is -0.507 e. The van der Waals surface area contributed by atoms with E-state index in [1.165, 1.54) is 12.1 Å². The fourth-order valence-electron chi connectivity index (χ4n) is 4.06. The van der Waals surface area contributed by atoms with Gasteiger partial charge in [0.2, 0.25) is 0 Å². The van der Waals surface area contributed by atoms with Gasteiger partial charge < -0.3 is 20.1 Å². The molecule has 0 aromatic heterocycles. The molecule has 0 radical (unpaired) electrons. The van der Waals surface area contributed by atoms with Crippen molar-refractivity contribution in [2.45, 2.75) is 37.6 Å². The summed E-state index contributed by atoms with van der Waals surface area (Å²) in [4.78, 5) is 26.1. The van der Waals surface area contributed by atoms with Crippen LogP contribution in [0.15, 0.2) is 30.3 Å². The Kier molecular flexibility index (Phi) is 5.63. The third-order valence-electron chi connectivity index (χ3n) is 5.60. The van der Waals surface area contributed by atoms with E-state index in [1.54, 1.807) is 23.1 Å². The summed E-state index contributed by atoms with van der Waals surface area (Å²) in [5, 5.41) is 30.9. The highest BCUT2D eigenvalue weighted by molar-refractivity contribution is 6.42. The first-order chi connectivity index (χ1) is 14.3. The van der Waals surface area contributed by atoms with Gasteiger partial charge in [-0.2, -0.15) is 0 Å². The van der Waals surface area contributed by atoms with E-state index in [-0.39, 0.29) is 33.7 Å². The third kappa shape index (κ3) is 3.52. The van der Waals surface area contributed by atoms with Gasteiger partial charge >= 0.3 is 5.97 Å². The number of benzene rings is 2. The molecule has 7 nitrogen and oxygen atoms in total. The van der Waals surface area contributed by atoms with Gasteiger partial charge in [0.05, 0.1) is 21.2 Å². The smallest absolute Gasteiger partial charge is 0.320 e. The molecular weight excluding hydrogens is 433 g/mol. The molecule has 1 fully saturated rings. The number of aromatic hydroxyl groups is 1. The lowest BCUT2D eigenvalue weighted by Crippen LogP contribution is -2.38. The summed E-state index contributed by atoms with van der Waals surface area (Å²) in [6.07, 6.45) is -1.41. The van der Waals surface area contributed by atoms with Crippen LogP contribution < -0.4 is 4.74 Å². The van der Waals surface area contributed by atoms with Crippen LogP contribution in [0.3, 0.4) is 0 Å². The second-order valence-electron chi connectivity index (χ2n) is 7.40. The highest BCUT2D eigenvalue weighted by Gasteiger charge is 2.41. The number of ether oxygens (including phenoxy) is 1. The predicted octanol–water partition coefficient (Wildman–Crippen LogP) is 3.43. The average Bonchev–Trinajstić information content (AvgIpc) is 3.18. The number of aliphatic hydroxyl groups is 1. The first kappa shape index (κ1) is 20.9. The molecule has 1 saturated heterocycles. The van der Waals surface area contributed by atoms with Crippen LogP contribution in [-0.2, 0) is 11.3 Å². The van der Waals surface area contributed by atoms with Crippen molar-refractivity contribution in [1.29, 1.82) is 0 Å². The van der Waals surface area contributed by atoms with Crippen molar-refractivity contribution >= 4 is 35.0 Å². The molecule has 158 valence electrons. The minimum absolute atomic E-state index is 0.0886. The Labute approximate surface area is 182 Å². The number of ketones is 1. The van der Waals surface area contributed by atoms with Gasteiger partial charge in [-0.05, 0) is 37.6 Å². The molecule has 2 aliphatic heterocycles. The topological polar surface area (TPSA) is 107 Å². The van der Waals surface area contributed by atoms with Gasteiger partial charge in [0.1, 0.15) is 17.5 Å². The Bertz CT molecular complexity index is 1030. The molecule has 2 aromatic carbocycles. The monoisotopic (exact) mass is 451 g/mol. The van der Waals surface area contributed by atoms with Gasteiger partial charge in [0.15, 0.2) is 18.0 Å². The third-order valence-corrected chi connectivity index (χ3v) is 6.43. The number of phenols is 1. The van der Waals surface area contributed by atoms with E-state index >= 15 is 0 Å². The molecule has 0 aliphatic carbocycles. The summed E-state index contributed by atoms with van der Waals surface area (Å²) in [5.41, 5.74) is 0.759. The highest BCUT2D eigenvalue weighted by Crippen LogP contribution is 2.44. The number of carbonyl (C=O) groups is 2. The van der Waals surface area contributed by atoms with Gasteiger partial charge in [-0.1, -0.05) is 35.3 Å². The largest absolute Gasteiger partial charge is 0.507 e. The average molecular weight is 452 g/mol. The van der Waals surface area contributed by atoms with E-state index in [1.807, 2.05) is 0 Å². The van der Waals surface area contributed by atoms with E-state index < -0.39 is 30.0 Å². The lowest BCUT2D eigenvalue weighted by atomic mass is 9.91. The van der Waals surface area contributed by atoms with Crippen LogP contribution in [0.5, 0.6) is 11.5 Å². The summed E-state index contributed by atoms with van der Waals surface area (Å²) >= 11 is 12.3. The minimum atomic E-state index is -1.51. The lowest BCUT2D eigenvalue weighted by molar-refractivity contribution is -0.142. The Morgan fingerprint density at radius 1 is 1.23 bits per heavy atom. The maximum absolute atomic E-state index is 12.9. The molecule has 2 aromatic rings. The Morgan fingerprint density at radius 2 is 2.00 bits per heavy atom. The number of halogens is 2. The van der Waals surface area contributed by atoms with Crippen molar-refractivity contribution in [1.82, 2.24) is 4.90 Å². The first-order valence-electron chi connectivity index (χ1n) is 9.44. The number of carboxylic acids is 1. The van der Waals surface area contributed by atoms with Crippen molar-refractivity contribution in [3.05, 3.63) is 57.1 Å².